The molecule has 0 aliphatic carbocycles. The second-order valence-corrected chi connectivity index (χ2v) is 6.30. The van der Waals surface area contributed by atoms with Gasteiger partial charge in [-0.1, -0.05) is 36.4 Å². The van der Waals surface area contributed by atoms with E-state index in [9.17, 15) is 10.2 Å². The summed E-state index contributed by atoms with van der Waals surface area (Å²) in [5, 5.41) is 21.4. The van der Waals surface area contributed by atoms with Gasteiger partial charge in [-0.25, -0.2) is 0 Å². The fourth-order valence-electron chi connectivity index (χ4n) is 2.51. The number of rotatable bonds is 7. The highest BCUT2D eigenvalue weighted by molar-refractivity contribution is 5.40. The first-order valence-corrected chi connectivity index (χ1v) is 8.27. The number of ether oxygens (including phenoxy) is 2. The molecule has 0 saturated heterocycles. The fourth-order valence-corrected chi connectivity index (χ4v) is 2.51. The maximum absolute atomic E-state index is 10.7. The minimum atomic E-state index is -1.11. The summed E-state index contributed by atoms with van der Waals surface area (Å²) in [6, 6.07) is 14.4. The molecule has 2 aromatic rings. The Morgan fingerprint density at radius 3 is 1.29 bits per heavy atom. The van der Waals surface area contributed by atoms with Gasteiger partial charge in [-0.05, 0) is 39.8 Å². The number of aliphatic hydroxyl groups is 2. The number of aliphatic hydroxyl groups excluding tert-OH is 2. The van der Waals surface area contributed by atoms with Crippen molar-refractivity contribution in [2.24, 2.45) is 0 Å². The van der Waals surface area contributed by atoms with E-state index in [1.165, 1.54) is 0 Å². The van der Waals surface area contributed by atoms with Gasteiger partial charge in [0.25, 0.3) is 0 Å². The van der Waals surface area contributed by atoms with Crippen LogP contribution in [0.2, 0.25) is 0 Å². The Morgan fingerprint density at radius 1 is 0.625 bits per heavy atom. The number of hydrogen-bond acceptors (Lipinski definition) is 4. The summed E-state index contributed by atoms with van der Waals surface area (Å²) in [6.07, 6.45) is -2.27. The van der Waals surface area contributed by atoms with E-state index >= 15 is 0 Å². The second kappa shape index (κ2) is 8.18. The SMILES string of the molecule is CC(C)Oc1ccccc1[C@@H](O)[C@@H](O)c1ccccc1OC(C)C. The van der Waals surface area contributed by atoms with E-state index in [0.29, 0.717) is 22.6 Å². The van der Waals surface area contributed by atoms with Crippen LogP contribution in [0.3, 0.4) is 0 Å². The molecule has 2 rings (SSSR count). The lowest BCUT2D eigenvalue weighted by Gasteiger charge is -2.24. The minimum Gasteiger partial charge on any atom is -0.491 e. The van der Waals surface area contributed by atoms with Gasteiger partial charge >= 0.3 is 0 Å². The Balaban J connectivity index is 2.32. The van der Waals surface area contributed by atoms with Crippen molar-refractivity contribution in [1.29, 1.82) is 0 Å². The van der Waals surface area contributed by atoms with E-state index in [1.807, 2.05) is 52.0 Å². The van der Waals surface area contributed by atoms with Crippen molar-refractivity contribution in [2.45, 2.75) is 52.1 Å². The summed E-state index contributed by atoms with van der Waals surface area (Å²) >= 11 is 0. The zero-order valence-electron chi connectivity index (χ0n) is 14.6. The molecule has 0 aliphatic rings. The minimum absolute atomic E-state index is 0.0212. The highest BCUT2D eigenvalue weighted by Crippen LogP contribution is 2.38. The molecule has 2 N–H and O–H groups in total. The van der Waals surface area contributed by atoms with Crippen LogP contribution < -0.4 is 9.47 Å². The first-order chi connectivity index (χ1) is 11.4. The van der Waals surface area contributed by atoms with Crippen molar-refractivity contribution in [3.8, 4) is 11.5 Å². The topological polar surface area (TPSA) is 58.9 Å². The normalized spacial score (nSPS) is 13.8. The molecule has 0 heterocycles. The van der Waals surface area contributed by atoms with Gasteiger partial charge in [-0.15, -0.1) is 0 Å². The molecule has 130 valence electrons. The third-order valence-corrected chi connectivity index (χ3v) is 3.50. The van der Waals surface area contributed by atoms with Crippen LogP contribution in [0.5, 0.6) is 11.5 Å². The summed E-state index contributed by atoms with van der Waals surface area (Å²) in [7, 11) is 0. The fraction of sp³-hybridized carbons (Fsp3) is 0.400. The van der Waals surface area contributed by atoms with Gasteiger partial charge in [-0.2, -0.15) is 0 Å². The van der Waals surface area contributed by atoms with Crippen molar-refractivity contribution in [1.82, 2.24) is 0 Å². The summed E-state index contributed by atoms with van der Waals surface area (Å²) in [4.78, 5) is 0. The van der Waals surface area contributed by atoms with Gasteiger partial charge in [0, 0.05) is 11.1 Å². The summed E-state index contributed by atoms with van der Waals surface area (Å²) in [6.45, 7) is 7.69. The second-order valence-electron chi connectivity index (χ2n) is 6.30. The molecule has 0 spiro atoms. The third kappa shape index (κ3) is 4.49. The Hall–Kier alpha value is -2.04. The summed E-state index contributed by atoms with van der Waals surface area (Å²) in [5.74, 6) is 1.14. The highest BCUT2D eigenvalue weighted by Gasteiger charge is 2.26. The first-order valence-electron chi connectivity index (χ1n) is 8.27. The van der Waals surface area contributed by atoms with Gasteiger partial charge in [0.1, 0.15) is 23.7 Å². The largest absolute Gasteiger partial charge is 0.491 e. The lowest BCUT2D eigenvalue weighted by Crippen LogP contribution is -2.16. The maximum atomic E-state index is 10.7. The molecule has 0 aromatic heterocycles. The highest BCUT2D eigenvalue weighted by atomic mass is 16.5. The third-order valence-electron chi connectivity index (χ3n) is 3.50. The van der Waals surface area contributed by atoms with Crippen LogP contribution in [0.1, 0.15) is 51.0 Å². The molecule has 2 atom stereocenters. The van der Waals surface area contributed by atoms with Crippen LogP contribution in [0.15, 0.2) is 48.5 Å². The number of benzene rings is 2. The molecular formula is C20H26O4. The molecule has 0 amide bonds. The van der Waals surface area contributed by atoms with Crippen LogP contribution >= 0.6 is 0 Å². The van der Waals surface area contributed by atoms with Crippen LogP contribution in [-0.4, -0.2) is 22.4 Å². The van der Waals surface area contributed by atoms with Crippen molar-refractivity contribution in [3.05, 3.63) is 59.7 Å². The van der Waals surface area contributed by atoms with E-state index in [0.717, 1.165) is 0 Å². The molecule has 0 unspecified atom stereocenters. The quantitative estimate of drug-likeness (QED) is 0.805. The predicted octanol–water partition coefficient (Wildman–Crippen LogP) is 4.03. The Kier molecular flexibility index (Phi) is 6.23. The van der Waals surface area contributed by atoms with Gasteiger partial charge in [0.2, 0.25) is 0 Å². The van der Waals surface area contributed by atoms with Crippen molar-refractivity contribution in [2.75, 3.05) is 0 Å². The van der Waals surface area contributed by atoms with Crippen LogP contribution in [-0.2, 0) is 0 Å². The monoisotopic (exact) mass is 330 g/mol. The Labute approximate surface area is 143 Å². The van der Waals surface area contributed by atoms with E-state index in [4.69, 9.17) is 9.47 Å². The average molecular weight is 330 g/mol. The van der Waals surface area contributed by atoms with Gasteiger partial charge in [-0.3, -0.25) is 0 Å². The molecule has 2 aromatic carbocycles. The van der Waals surface area contributed by atoms with E-state index in [-0.39, 0.29) is 12.2 Å². The average Bonchev–Trinajstić information content (AvgIpc) is 2.53. The molecule has 0 fully saturated rings. The summed E-state index contributed by atoms with van der Waals surface area (Å²) in [5.41, 5.74) is 1.11. The van der Waals surface area contributed by atoms with E-state index in [1.54, 1.807) is 24.3 Å². The molecule has 0 saturated carbocycles. The molecule has 0 bridgehead atoms. The summed E-state index contributed by atoms with van der Waals surface area (Å²) < 4.78 is 11.5. The van der Waals surface area contributed by atoms with Gasteiger partial charge in [0.05, 0.1) is 12.2 Å². The molecule has 0 aliphatic heterocycles. The van der Waals surface area contributed by atoms with Crippen LogP contribution in [0.25, 0.3) is 0 Å². The molecule has 24 heavy (non-hydrogen) atoms. The molecule has 4 nitrogen and oxygen atoms in total. The van der Waals surface area contributed by atoms with Gasteiger partial charge < -0.3 is 19.7 Å². The number of hydrogen-bond donors (Lipinski definition) is 2. The van der Waals surface area contributed by atoms with Crippen molar-refractivity contribution >= 4 is 0 Å². The molecule has 0 radical (unpaired) electrons. The zero-order chi connectivity index (χ0) is 17.7. The predicted molar refractivity (Wildman–Crippen MR) is 94.3 cm³/mol. The lowest BCUT2D eigenvalue weighted by molar-refractivity contribution is 0.0128. The van der Waals surface area contributed by atoms with E-state index in [2.05, 4.69) is 0 Å². The number of para-hydroxylation sites is 2. The Morgan fingerprint density at radius 2 is 0.958 bits per heavy atom. The molecule has 4 heteroatoms. The molecular weight excluding hydrogens is 304 g/mol. The smallest absolute Gasteiger partial charge is 0.125 e. The van der Waals surface area contributed by atoms with Crippen molar-refractivity contribution in [3.63, 3.8) is 0 Å². The van der Waals surface area contributed by atoms with Gasteiger partial charge in [0.15, 0.2) is 0 Å². The maximum Gasteiger partial charge on any atom is 0.125 e. The standard InChI is InChI=1S/C20H26O4/c1-13(2)23-17-11-7-5-9-15(17)19(21)20(22)16-10-6-8-12-18(16)24-14(3)4/h5-14,19-22H,1-4H3/t19-,20+. The van der Waals surface area contributed by atoms with E-state index < -0.39 is 12.2 Å². The van der Waals surface area contributed by atoms with Crippen LogP contribution in [0, 0.1) is 0 Å². The lowest BCUT2D eigenvalue weighted by atomic mass is 9.97. The van der Waals surface area contributed by atoms with Crippen molar-refractivity contribution < 1.29 is 19.7 Å². The Bertz CT molecular complexity index is 594. The van der Waals surface area contributed by atoms with Crippen LogP contribution in [0.4, 0.5) is 0 Å². The first kappa shape index (κ1) is 18.3. The zero-order valence-corrected chi connectivity index (χ0v) is 14.6.